The molecule has 0 aromatic heterocycles. The number of likely N-dealkylation sites (N-methyl/N-ethyl adjacent to an activating group) is 1. The Labute approximate surface area is 174 Å². The standard InChI is InChI=1S/C20H22Cl2N2O4/c1-23(2)10-11-24(20(27)28-13-14-6-4-3-5-7-14)18(19(25)26)15-8-9-16(21)17(22)12-15/h3-9,12,18H,10-11,13H2,1-2H3,(H,25,26). The summed E-state index contributed by atoms with van der Waals surface area (Å²) in [5.74, 6) is -1.19. The molecule has 0 saturated carbocycles. The Hall–Kier alpha value is -2.28. The molecular formula is C20H22Cl2N2O4. The van der Waals surface area contributed by atoms with Gasteiger partial charge in [0.15, 0.2) is 6.04 Å². The number of amides is 1. The lowest BCUT2D eigenvalue weighted by Gasteiger charge is -2.29. The van der Waals surface area contributed by atoms with Gasteiger partial charge in [-0.1, -0.05) is 59.6 Å². The van der Waals surface area contributed by atoms with Gasteiger partial charge in [-0.3, -0.25) is 4.90 Å². The van der Waals surface area contributed by atoms with Crippen LogP contribution < -0.4 is 0 Å². The molecule has 28 heavy (non-hydrogen) atoms. The predicted octanol–water partition coefficient (Wildman–Crippen LogP) is 4.32. The van der Waals surface area contributed by atoms with Gasteiger partial charge >= 0.3 is 12.1 Å². The van der Waals surface area contributed by atoms with Crippen LogP contribution in [0, 0.1) is 0 Å². The quantitative estimate of drug-likeness (QED) is 0.682. The molecular weight excluding hydrogens is 403 g/mol. The zero-order valence-electron chi connectivity index (χ0n) is 15.6. The molecule has 2 aromatic rings. The van der Waals surface area contributed by atoms with E-state index in [0.29, 0.717) is 17.1 Å². The van der Waals surface area contributed by atoms with Crippen LogP contribution in [0.25, 0.3) is 0 Å². The summed E-state index contributed by atoms with van der Waals surface area (Å²) in [5.41, 5.74) is 1.15. The maximum Gasteiger partial charge on any atom is 0.411 e. The van der Waals surface area contributed by atoms with Crippen LogP contribution >= 0.6 is 23.2 Å². The average molecular weight is 425 g/mol. The molecule has 0 saturated heterocycles. The number of carboxylic acids is 1. The first-order valence-electron chi connectivity index (χ1n) is 8.59. The van der Waals surface area contributed by atoms with Gasteiger partial charge in [0.05, 0.1) is 10.0 Å². The summed E-state index contributed by atoms with van der Waals surface area (Å²) in [4.78, 5) is 27.8. The highest BCUT2D eigenvalue weighted by Gasteiger charge is 2.32. The summed E-state index contributed by atoms with van der Waals surface area (Å²) in [6.45, 7) is 0.676. The molecule has 2 rings (SSSR count). The first-order valence-corrected chi connectivity index (χ1v) is 9.35. The zero-order chi connectivity index (χ0) is 20.7. The fraction of sp³-hybridized carbons (Fsp3) is 0.300. The van der Waals surface area contributed by atoms with Gasteiger partial charge in [-0.2, -0.15) is 0 Å². The van der Waals surface area contributed by atoms with Gasteiger partial charge < -0.3 is 14.7 Å². The summed E-state index contributed by atoms with van der Waals surface area (Å²) in [6, 6.07) is 12.4. The molecule has 0 bridgehead atoms. The van der Waals surface area contributed by atoms with Crippen LogP contribution in [-0.4, -0.2) is 54.2 Å². The minimum absolute atomic E-state index is 0.0475. The lowest BCUT2D eigenvalue weighted by atomic mass is 10.1. The highest BCUT2D eigenvalue weighted by Crippen LogP contribution is 2.29. The first kappa shape index (κ1) is 22.0. The Morgan fingerprint density at radius 2 is 1.71 bits per heavy atom. The van der Waals surface area contributed by atoms with Crippen LogP contribution in [0.3, 0.4) is 0 Å². The molecule has 0 aliphatic heterocycles. The second-order valence-electron chi connectivity index (χ2n) is 6.45. The molecule has 150 valence electrons. The largest absolute Gasteiger partial charge is 0.479 e. The Balaban J connectivity index is 2.27. The van der Waals surface area contributed by atoms with E-state index in [2.05, 4.69) is 0 Å². The highest BCUT2D eigenvalue weighted by atomic mass is 35.5. The normalized spacial score (nSPS) is 11.9. The fourth-order valence-corrected chi connectivity index (χ4v) is 2.88. The predicted molar refractivity (Wildman–Crippen MR) is 109 cm³/mol. The summed E-state index contributed by atoms with van der Waals surface area (Å²) < 4.78 is 5.38. The second kappa shape index (κ2) is 10.3. The van der Waals surface area contributed by atoms with E-state index in [1.54, 1.807) is 6.07 Å². The monoisotopic (exact) mass is 424 g/mol. The van der Waals surface area contributed by atoms with E-state index in [1.165, 1.54) is 17.0 Å². The maximum absolute atomic E-state index is 12.8. The van der Waals surface area contributed by atoms with Gasteiger partial charge in [-0.15, -0.1) is 0 Å². The van der Waals surface area contributed by atoms with Gasteiger partial charge in [0.1, 0.15) is 6.61 Å². The number of nitrogens with zero attached hydrogens (tertiary/aromatic N) is 2. The number of ether oxygens (including phenoxy) is 1. The topological polar surface area (TPSA) is 70.1 Å². The summed E-state index contributed by atoms with van der Waals surface area (Å²) >= 11 is 12.0. The Bertz CT molecular complexity index is 815. The van der Waals surface area contributed by atoms with Crippen molar-refractivity contribution in [1.29, 1.82) is 0 Å². The Morgan fingerprint density at radius 3 is 2.29 bits per heavy atom. The molecule has 1 amide bonds. The molecule has 0 aliphatic carbocycles. The van der Waals surface area contributed by atoms with Crippen molar-refractivity contribution in [2.75, 3.05) is 27.2 Å². The van der Waals surface area contributed by atoms with Crippen molar-refractivity contribution in [3.8, 4) is 0 Å². The van der Waals surface area contributed by atoms with E-state index < -0.39 is 18.1 Å². The molecule has 8 heteroatoms. The van der Waals surface area contributed by atoms with Crippen molar-refractivity contribution >= 4 is 35.3 Å². The molecule has 1 atom stereocenters. The molecule has 0 heterocycles. The molecule has 1 unspecified atom stereocenters. The molecule has 0 aliphatic rings. The van der Waals surface area contributed by atoms with E-state index in [9.17, 15) is 14.7 Å². The smallest absolute Gasteiger partial charge is 0.411 e. The SMILES string of the molecule is CN(C)CCN(C(=O)OCc1ccccc1)C(C(=O)O)c1ccc(Cl)c(Cl)c1. The van der Waals surface area contributed by atoms with Gasteiger partial charge in [-0.25, -0.2) is 9.59 Å². The summed E-state index contributed by atoms with van der Waals surface area (Å²) in [6.07, 6.45) is -0.718. The van der Waals surface area contributed by atoms with Gasteiger partial charge in [0.25, 0.3) is 0 Å². The van der Waals surface area contributed by atoms with Gasteiger partial charge in [-0.05, 0) is 37.4 Å². The molecule has 2 aromatic carbocycles. The number of aliphatic carboxylic acids is 1. The lowest BCUT2D eigenvalue weighted by molar-refractivity contribution is -0.143. The third-order valence-corrected chi connectivity index (χ3v) is 4.77. The number of hydrogen-bond donors (Lipinski definition) is 1. The van der Waals surface area contributed by atoms with E-state index >= 15 is 0 Å². The van der Waals surface area contributed by atoms with Crippen LogP contribution in [-0.2, 0) is 16.1 Å². The minimum atomic E-state index is -1.25. The number of rotatable bonds is 8. The van der Waals surface area contributed by atoms with E-state index in [4.69, 9.17) is 27.9 Å². The zero-order valence-corrected chi connectivity index (χ0v) is 17.2. The van der Waals surface area contributed by atoms with Crippen LogP contribution in [0.2, 0.25) is 10.0 Å². The second-order valence-corrected chi connectivity index (χ2v) is 7.27. The van der Waals surface area contributed by atoms with Crippen molar-refractivity contribution < 1.29 is 19.4 Å². The number of carbonyl (C=O) groups is 2. The number of carbonyl (C=O) groups excluding carboxylic acids is 1. The first-order chi connectivity index (χ1) is 13.3. The Kier molecular flexibility index (Phi) is 8.11. The minimum Gasteiger partial charge on any atom is -0.479 e. The number of carboxylic acid groups (broad SMARTS) is 1. The fourth-order valence-electron chi connectivity index (χ4n) is 2.57. The number of hydrogen-bond acceptors (Lipinski definition) is 4. The lowest BCUT2D eigenvalue weighted by Crippen LogP contribution is -2.42. The van der Waals surface area contributed by atoms with Crippen LogP contribution in [0.4, 0.5) is 4.79 Å². The van der Waals surface area contributed by atoms with Crippen LogP contribution in [0.1, 0.15) is 17.2 Å². The van der Waals surface area contributed by atoms with Crippen molar-refractivity contribution in [1.82, 2.24) is 9.80 Å². The highest BCUT2D eigenvalue weighted by molar-refractivity contribution is 6.42. The molecule has 0 fully saturated rings. The third-order valence-electron chi connectivity index (χ3n) is 4.03. The summed E-state index contributed by atoms with van der Waals surface area (Å²) in [7, 11) is 3.67. The van der Waals surface area contributed by atoms with Crippen molar-refractivity contribution in [3.63, 3.8) is 0 Å². The molecule has 1 N–H and O–H groups in total. The average Bonchev–Trinajstić information content (AvgIpc) is 2.66. The molecule has 0 radical (unpaired) electrons. The molecule has 0 spiro atoms. The van der Waals surface area contributed by atoms with Crippen LogP contribution in [0.5, 0.6) is 0 Å². The maximum atomic E-state index is 12.8. The summed E-state index contributed by atoms with van der Waals surface area (Å²) in [5, 5.41) is 10.3. The van der Waals surface area contributed by atoms with Crippen molar-refractivity contribution in [3.05, 3.63) is 69.7 Å². The van der Waals surface area contributed by atoms with E-state index in [0.717, 1.165) is 5.56 Å². The van der Waals surface area contributed by atoms with E-state index in [1.807, 2.05) is 49.3 Å². The van der Waals surface area contributed by atoms with Gasteiger partial charge in [0, 0.05) is 13.1 Å². The van der Waals surface area contributed by atoms with Gasteiger partial charge in [0.2, 0.25) is 0 Å². The number of benzene rings is 2. The van der Waals surface area contributed by atoms with E-state index in [-0.39, 0.29) is 18.2 Å². The third kappa shape index (κ3) is 6.12. The molecule has 6 nitrogen and oxygen atoms in total. The van der Waals surface area contributed by atoms with Crippen molar-refractivity contribution in [2.45, 2.75) is 12.6 Å². The number of halogens is 2. The van der Waals surface area contributed by atoms with Crippen LogP contribution in [0.15, 0.2) is 48.5 Å². The Morgan fingerprint density at radius 1 is 1.04 bits per heavy atom. The van der Waals surface area contributed by atoms with Crippen molar-refractivity contribution in [2.24, 2.45) is 0 Å².